The lowest BCUT2D eigenvalue weighted by Gasteiger charge is -2.00. The van der Waals surface area contributed by atoms with Gasteiger partial charge in [0, 0.05) is 11.7 Å². The van der Waals surface area contributed by atoms with Crippen LogP contribution in [0.25, 0.3) is 0 Å². The minimum atomic E-state index is -0.139. The summed E-state index contributed by atoms with van der Waals surface area (Å²) in [5.41, 5.74) is 2.18. The number of nitrogens with one attached hydrogen (secondary N) is 1. The predicted molar refractivity (Wildman–Crippen MR) is 43.2 cm³/mol. The molecule has 1 heterocycles. The van der Waals surface area contributed by atoms with Crippen molar-refractivity contribution >= 4 is 5.69 Å². The standard InChI is InChI=1S/C9H10FN/c1-6-4-7-5-8(10)2-3-9(7)11-6/h2-3,5-6,11H,4H2,1H3/t6-/m0/s1. The van der Waals surface area contributed by atoms with E-state index in [0.717, 1.165) is 17.7 Å². The van der Waals surface area contributed by atoms with Crippen molar-refractivity contribution in [1.82, 2.24) is 0 Å². The molecule has 1 aromatic rings. The number of anilines is 1. The van der Waals surface area contributed by atoms with E-state index in [0.29, 0.717) is 6.04 Å². The summed E-state index contributed by atoms with van der Waals surface area (Å²) < 4.78 is 12.7. The van der Waals surface area contributed by atoms with Gasteiger partial charge in [0.2, 0.25) is 0 Å². The van der Waals surface area contributed by atoms with Crippen molar-refractivity contribution in [2.45, 2.75) is 19.4 Å². The number of fused-ring (bicyclic) bond motifs is 1. The number of hydrogen-bond acceptors (Lipinski definition) is 1. The van der Waals surface area contributed by atoms with E-state index in [1.165, 1.54) is 6.07 Å². The second-order valence-corrected chi connectivity index (χ2v) is 3.05. The molecule has 11 heavy (non-hydrogen) atoms. The van der Waals surface area contributed by atoms with E-state index in [9.17, 15) is 4.39 Å². The molecule has 2 rings (SSSR count). The molecule has 0 saturated heterocycles. The summed E-state index contributed by atoms with van der Waals surface area (Å²) in [5.74, 6) is -0.139. The van der Waals surface area contributed by atoms with Crippen LogP contribution in [0, 0.1) is 5.82 Å². The Bertz CT molecular complexity index is 283. The first-order chi connectivity index (χ1) is 5.25. The van der Waals surface area contributed by atoms with Crippen molar-refractivity contribution in [2.24, 2.45) is 0 Å². The van der Waals surface area contributed by atoms with Gasteiger partial charge in [0.1, 0.15) is 5.82 Å². The molecule has 1 N–H and O–H groups in total. The second-order valence-electron chi connectivity index (χ2n) is 3.05. The highest BCUT2D eigenvalue weighted by atomic mass is 19.1. The Labute approximate surface area is 65.2 Å². The number of hydrogen-bond donors (Lipinski definition) is 1. The Balaban J connectivity index is 2.43. The van der Waals surface area contributed by atoms with Gasteiger partial charge >= 0.3 is 0 Å². The molecule has 0 amide bonds. The molecule has 0 bridgehead atoms. The van der Waals surface area contributed by atoms with Crippen molar-refractivity contribution in [3.63, 3.8) is 0 Å². The van der Waals surface area contributed by atoms with Crippen LogP contribution in [-0.2, 0) is 6.42 Å². The third kappa shape index (κ3) is 1.09. The molecular formula is C9H10FN. The summed E-state index contributed by atoms with van der Waals surface area (Å²) in [6.45, 7) is 2.10. The Kier molecular flexibility index (Phi) is 1.34. The highest BCUT2D eigenvalue weighted by Crippen LogP contribution is 2.25. The highest BCUT2D eigenvalue weighted by molar-refractivity contribution is 5.56. The lowest BCUT2D eigenvalue weighted by atomic mass is 10.1. The normalized spacial score (nSPS) is 21.1. The van der Waals surface area contributed by atoms with E-state index in [-0.39, 0.29) is 5.82 Å². The van der Waals surface area contributed by atoms with Crippen molar-refractivity contribution in [3.05, 3.63) is 29.6 Å². The van der Waals surface area contributed by atoms with Gasteiger partial charge in [-0.05, 0) is 37.1 Å². The van der Waals surface area contributed by atoms with E-state index >= 15 is 0 Å². The third-order valence-electron chi connectivity index (χ3n) is 2.00. The minimum Gasteiger partial charge on any atom is -0.382 e. The Morgan fingerprint density at radius 3 is 3.18 bits per heavy atom. The highest BCUT2D eigenvalue weighted by Gasteiger charge is 2.15. The summed E-state index contributed by atoms with van der Waals surface area (Å²) in [4.78, 5) is 0. The smallest absolute Gasteiger partial charge is 0.123 e. The van der Waals surface area contributed by atoms with Gasteiger partial charge in [-0.3, -0.25) is 0 Å². The molecule has 0 saturated carbocycles. The van der Waals surface area contributed by atoms with E-state index in [2.05, 4.69) is 12.2 Å². The van der Waals surface area contributed by atoms with Gasteiger partial charge in [0.15, 0.2) is 0 Å². The first-order valence-electron chi connectivity index (χ1n) is 3.80. The SMILES string of the molecule is C[C@H]1Cc2cc(F)ccc2N1. The number of rotatable bonds is 0. The van der Waals surface area contributed by atoms with Gasteiger partial charge in [0.25, 0.3) is 0 Å². The van der Waals surface area contributed by atoms with Gasteiger partial charge < -0.3 is 5.32 Å². The van der Waals surface area contributed by atoms with E-state index in [1.807, 2.05) is 0 Å². The molecule has 0 aliphatic carbocycles. The largest absolute Gasteiger partial charge is 0.382 e. The molecule has 58 valence electrons. The first kappa shape index (κ1) is 6.65. The number of halogens is 1. The molecule has 1 aliphatic rings. The number of benzene rings is 1. The zero-order chi connectivity index (χ0) is 7.84. The molecule has 0 aromatic heterocycles. The lowest BCUT2D eigenvalue weighted by molar-refractivity contribution is 0.626. The molecule has 0 unspecified atom stereocenters. The second kappa shape index (κ2) is 2.22. The summed E-state index contributed by atoms with van der Waals surface area (Å²) in [6.07, 6.45) is 0.938. The van der Waals surface area contributed by atoms with Crippen LogP contribution in [-0.4, -0.2) is 6.04 Å². The fourth-order valence-electron chi connectivity index (χ4n) is 1.52. The van der Waals surface area contributed by atoms with Gasteiger partial charge in [-0.1, -0.05) is 0 Å². The summed E-state index contributed by atoms with van der Waals surface area (Å²) in [5, 5.41) is 3.26. The minimum absolute atomic E-state index is 0.139. The van der Waals surface area contributed by atoms with Gasteiger partial charge in [0.05, 0.1) is 0 Å². The van der Waals surface area contributed by atoms with Gasteiger partial charge in [-0.15, -0.1) is 0 Å². The Hall–Kier alpha value is -1.05. The molecule has 1 aromatic carbocycles. The maximum absolute atomic E-state index is 12.7. The predicted octanol–water partition coefficient (Wildman–Crippen LogP) is 2.18. The fraction of sp³-hybridized carbons (Fsp3) is 0.333. The van der Waals surface area contributed by atoms with Crippen LogP contribution in [0.1, 0.15) is 12.5 Å². The Morgan fingerprint density at radius 1 is 1.55 bits per heavy atom. The van der Waals surface area contributed by atoms with E-state index in [4.69, 9.17) is 0 Å². The van der Waals surface area contributed by atoms with Crippen LogP contribution in [0.3, 0.4) is 0 Å². The van der Waals surface area contributed by atoms with Crippen LogP contribution in [0.2, 0.25) is 0 Å². The first-order valence-corrected chi connectivity index (χ1v) is 3.80. The van der Waals surface area contributed by atoms with Crippen LogP contribution >= 0.6 is 0 Å². The Morgan fingerprint density at radius 2 is 2.36 bits per heavy atom. The monoisotopic (exact) mass is 151 g/mol. The molecule has 0 radical (unpaired) electrons. The molecule has 1 atom stereocenters. The van der Waals surface area contributed by atoms with E-state index in [1.54, 1.807) is 12.1 Å². The average molecular weight is 151 g/mol. The molecule has 2 heteroatoms. The molecular weight excluding hydrogens is 141 g/mol. The molecule has 1 nitrogen and oxygen atoms in total. The average Bonchev–Trinajstić information content (AvgIpc) is 2.27. The summed E-state index contributed by atoms with van der Waals surface area (Å²) >= 11 is 0. The zero-order valence-corrected chi connectivity index (χ0v) is 6.39. The van der Waals surface area contributed by atoms with Crippen molar-refractivity contribution in [1.29, 1.82) is 0 Å². The van der Waals surface area contributed by atoms with Gasteiger partial charge in [-0.25, -0.2) is 4.39 Å². The van der Waals surface area contributed by atoms with Crippen LogP contribution < -0.4 is 5.32 Å². The maximum Gasteiger partial charge on any atom is 0.123 e. The summed E-state index contributed by atoms with van der Waals surface area (Å²) in [7, 11) is 0. The van der Waals surface area contributed by atoms with E-state index < -0.39 is 0 Å². The molecule has 1 aliphatic heterocycles. The summed E-state index contributed by atoms with van der Waals surface area (Å²) in [6, 6.07) is 5.34. The van der Waals surface area contributed by atoms with Crippen molar-refractivity contribution < 1.29 is 4.39 Å². The maximum atomic E-state index is 12.7. The third-order valence-corrected chi connectivity index (χ3v) is 2.00. The van der Waals surface area contributed by atoms with Crippen molar-refractivity contribution in [3.8, 4) is 0 Å². The fourth-order valence-corrected chi connectivity index (χ4v) is 1.52. The topological polar surface area (TPSA) is 12.0 Å². The molecule has 0 fully saturated rings. The van der Waals surface area contributed by atoms with Gasteiger partial charge in [-0.2, -0.15) is 0 Å². The van der Waals surface area contributed by atoms with Crippen LogP contribution in [0.4, 0.5) is 10.1 Å². The van der Waals surface area contributed by atoms with Crippen molar-refractivity contribution in [2.75, 3.05) is 5.32 Å². The molecule has 0 spiro atoms. The van der Waals surface area contributed by atoms with Crippen LogP contribution in [0.5, 0.6) is 0 Å². The van der Waals surface area contributed by atoms with Crippen LogP contribution in [0.15, 0.2) is 18.2 Å². The lowest BCUT2D eigenvalue weighted by Crippen LogP contribution is -2.08. The quantitative estimate of drug-likeness (QED) is 0.599. The zero-order valence-electron chi connectivity index (χ0n) is 6.39.